The molecule has 0 amide bonds. The third-order valence-corrected chi connectivity index (χ3v) is 2.49. The molecule has 3 nitrogen and oxygen atoms in total. The van der Waals surface area contributed by atoms with Gasteiger partial charge in [0.25, 0.3) is 0 Å². The van der Waals surface area contributed by atoms with Crippen LogP contribution in [0.15, 0.2) is 0 Å². The van der Waals surface area contributed by atoms with Crippen LogP contribution in [0.3, 0.4) is 0 Å². The molecule has 16 heavy (non-hydrogen) atoms. The molecule has 0 aromatic heterocycles. The number of rotatable bonds is 8. The minimum atomic E-state index is 0.203. The molecule has 1 atom stereocenters. The summed E-state index contributed by atoms with van der Waals surface area (Å²) < 4.78 is 5.47. The van der Waals surface area contributed by atoms with Gasteiger partial charge in [0, 0.05) is 31.3 Å². The van der Waals surface area contributed by atoms with Crippen molar-refractivity contribution in [3.05, 3.63) is 0 Å². The third kappa shape index (κ3) is 9.13. The van der Waals surface area contributed by atoms with E-state index in [2.05, 4.69) is 45.3 Å². The van der Waals surface area contributed by atoms with E-state index >= 15 is 0 Å². The van der Waals surface area contributed by atoms with Crippen molar-refractivity contribution in [3.8, 4) is 0 Å². The predicted octanol–water partition coefficient (Wildman–Crippen LogP) is 2.03. The molecule has 0 saturated carbocycles. The molecule has 0 aliphatic rings. The summed E-state index contributed by atoms with van der Waals surface area (Å²) in [6.45, 7) is 16.7. The molecule has 2 N–H and O–H groups in total. The van der Waals surface area contributed by atoms with Crippen molar-refractivity contribution in [1.82, 2.24) is 10.6 Å². The van der Waals surface area contributed by atoms with Crippen molar-refractivity contribution >= 4 is 0 Å². The van der Waals surface area contributed by atoms with Gasteiger partial charge in [-0.2, -0.15) is 0 Å². The van der Waals surface area contributed by atoms with E-state index in [0.717, 1.165) is 26.3 Å². The van der Waals surface area contributed by atoms with Gasteiger partial charge in [0.1, 0.15) is 0 Å². The maximum absolute atomic E-state index is 5.47. The van der Waals surface area contributed by atoms with Gasteiger partial charge in [0.2, 0.25) is 0 Å². The monoisotopic (exact) mass is 230 g/mol. The van der Waals surface area contributed by atoms with E-state index in [1.165, 1.54) is 0 Å². The minimum Gasteiger partial charge on any atom is -0.380 e. The van der Waals surface area contributed by atoms with E-state index in [4.69, 9.17) is 4.74 Å². The summed E-state index contributed by atoms with van der Waals surface area (Å²) in [7, 11) is 0. The van der Waals surface area contributed by atoms with E-state index in [-0.39, 0.29) is 5.54 Å². The Morgan fingerprint density at radius 3 is 2.19 bits per heavy atom. The van der Waals surface area contributed by atoms with Crippen molar-refractivity contribution in [2.24, 2.45) is 5.92 Å². The lowest BCUT2D eigenvalue weighted by atomic mass is 10.1. The lowest BCUT2D eigenvalue weighted by molar-refractivity contribution is 0.108. The third-order valence-electron chi connectivity index (χ3n) is 2.49. The first kappa shape index (κ1) is 15.9. The van der Waals surface area contributed by atoms with Gasteiger partial charge in [-0.25, -0.2) is 0 Å². The zero-order valence-electron chi connectivity index (χ0n) is 11.9. The fourth-order valence-electron chi connectivity index (χ4n) is 1.43. The van der Waals surface area contributed by atoms with Gasteiger partial charge in [-0.05, 0) is 33.6 Å². The molecule has 0 bridgehead atoms. The summed E-state index contributed by atoms with van der Waals surface area (Å²) >= 11 is 0. The van der Waals surface area contributed by atoms with Crippen LogP contribution in [0.2, 0.25) is 0 Å². The van der Waals surface area contributed by atoms with Gasteiger partial charge in [0.15, 0.2) is 0 Å². The Hall–Kier alpha value is -0.120. The van der Waals surface area contributed by atoms with Crippen LogP contribution in [0.4, 0.5) is 0 Å². The van der Waals surface area contributed by atoms with E-state index in [1.807, 2.05) is 6.92 Å². The Morgan fingerprint density at radius 2 is 1.75 bits per heavy atom. The summed E-state index contributed by atoms with van der Waals surface area (Å²) in [6, 6.07) is 0.460. The quantitative estimate of drug-likeness (QED) is 0.626. The molecule has 98 valence electrons. The van der Waals surface area contributed by atoms with Gasteiger partial charge in [-0.3, -0.25) is 0 Å². The Labute approximate surface area is 101 Å². The van der Waals surface area contributed by atoms with Gasteiger partial charge >= 0.3 is 0 Å². The molecule has 1 unspecified atom stereocenters. The van der Waals surface area contributed by atoms with Crippen LogP contribution in [0, 0.1) is 5.92 Å². The molecule has 0 aliphatic carbocycles. The maximum Gasteiger partial charge on any atom is 0.0621 e. The number of nitrogens with one attached hydrogen (secondary N) is 2. The van der Waals surface area contributed by atoms with Crippen LogP contribution in [0.25, 0.3) is 0 Å². The molecular formula is C13H30N2O. The molecule has 0 saturated heterocycles. The van der Waals surface area contributed by atoms with Crippen molar-refractivity contribution in [2.75, 3.05) is 26.3 Å². The smallest absolute Gasteiger partial charge is 0.0621 e. The van der Waals surface area contributed by atoms with E-state index in [1.54, 1.807) is 0 Å². The van der Waals surface area contributed by atoms with Crippen molar-refractivity contribution in [2.45, 2.75) is 53.1 Å². The highest BCUT2D eigenvalue weighted by Gasteiger charge is 2.13. The average Bonchev–Trinajstić information content (AvgIpc) is 2.14. The van der Waals surface area contributed by atoms with E-state index < -0.39 is 0 Å². The number of ether oxygens (including phenoxy) is 1. The molecule has 0 fully saturated rings. The molecular weight excluding hydrogens is 200 g/mol. The minimum absolute atomic E-state index is 0.203. The first-order valence-corrected chi connectivity index (χ1v) is 6.43. The Bertz CT molecular complexity index is 164. The second-order valence-electron chi connectivity index (χ2n) is 5.64. The molecule has 0 heterocycles. The molecule has 3 heteroatoms. The lowest BCUT2D eigenvalue weighted by Gasteiger charge is -2.24. The van der Waals surface area contributed by atoms with Crippen molar-refractivity contribution < 1.29 is 4.74 Å². The van der Waals surface area contributed by atoms with Crippen LogP contribution < -0.4 is 10.6 Å². The Kier molecular flexibility index (Phi) is 7.98. The summed E-state index contributed by atoms with van der Waals surface area (Å²) in [4.78, 5) is 0. The van der Waals surface area contributed by atoms with E-state index in [9.17, 15) is 0 Å². The molecule has 0 rings (SSSR count). The van der Waals surface area contributed by atoms with E-state index in [0.29, 0.717) is 12.0 Å². The molecule has 0 radical (unpaired) electrons. The second kappa shape index (κ2) is 8.04. The zero-order valence-corrected chi connectivity index (χ0v) is 11.9. The lowest BCUT2D eigenvalue weighted by Crippen LogP contribution is -2.45. The highest BCUT2D eigenvalue weighted by Crippen LogP contribution is 2.02. The molecule has 0 aromatic carbocycles. The van der Waals surface area contributed by atoms with Crippen molar-refractivity contribution in [3.63, 3.8) is 0 Å². The summed E-state index contributed by atoms with van der Waals surface area (Å²) in [5, 5.41) is 7.01. The molecule has 0 spiro atoms. The molecule has 0 aliphatic heterocycles. The first-order valence-electron chi connectivity index (χ1n) is 6.43. The van der Waals surface area contributed by atoms with Crippen LogP contribution in [0.5, 0.6) is 0 Å². The fourth-order valence-corrected chi connectivity index (χ4v) is 1.43. The predicted molar refractivity (Wildman–Crippen MR) is 70.9 cm³/mol. The Balaban J connectivity index is 3.68. The SMILES string of the molecule is CCOCC(NCCNC(C)(C)C)C(C)C. The van der Waals surface area contributed by atoms with Crippen LogP contribution in [0.1, 0.15) is 41.5 Å². The average molecular weight is 230 g/mol. The van der Waals surface area contributed by atoms with Gasteiger partial charge in [0.05, 0.1) is 6.61 Å². The number of hydrogen-bond donors (Lipinski definition) is 2. The standard InChI is InChI=1S/C13H30N2O/c1-7-16-10-12(11(2)3)14-8-9-15-13(4,5)6/h11-12,14-15H,7-10H2,1-6H3. The van der Waals surface area contributed by atoms with Crippen LogP contribution in [-0.4, -0.2) is 37.9 Å². The second-order valence-corrected chi connectivity index (χ2v) is 5.64. The largest absolute Gasteiger partial charge is 0.380 e. The first-order chi connectivity index (χ1) is 7.37. The zero-order chi connectivity index (χ0) is 12.6. The van der Waals surface area contributed by atoms with Crippen LogP contribution in [-0.2, 0) is 4.74 Å². The highest BCUT2D eigenvalue weighted by molar-refractivity contribution is 4.74. The van der Waals surface area contributed by atoms with Gasteiger partial charge in [-0.15, -0.1) is 0 Å². The molecule has 0 aromatic rings. The van der Waals surface area contributed by atoms with Crippen molar-refractivity contribution in [1.29, 1.82) is 0 Å². The Morgan fingerprint density at radius 1 is 1.12 bits per heavy atom. The fraction of sp³-hybridized carbons (Fsp3) is 1.00. The maximum atomic E-state index is 5.47. The highest BCUT2D eigenvalue weighted by atomic mass is 16.5. The number of hydrogen-bond acceptors (Lipinski definition) is 3. The summed E-state index contributed by atoms with van der Waals surface area (Å²) in [5.74, 6) is 0.612. The normalized spacial score (nSPS) is 14.4. The van der Waals surface area contributed by atoms with Gasteiger partial charge < -0.3 is 15.4 Å². The van der Waals surface area contributed by atoms with Gasteiger partial charge in [-0.1, -0.05) is 13.8 Å². The summed E-state index contributed by atoms with van der Waals surface area (Å²) in [5.41, 5.74) is 0.203. The summed E-state index contributed by atoms with van der Waals surface area (Å²) in [6.07, 6.45) is 0. The topological polar surface area (TPSA) is 33.3 Å². The van der Waals surface area contributed by atoms with Crippen LogP contribution >= 0.6 is 0 Å².